The molecule has 0 radical (unpaired) electrons. The first-order valence-electron chi connectivity index (χ1n) is 7.10. The Morgan fingerprint density at radius 2 is 1.33 bits per heavy atom. The van der Waals surface area contributed by atoms with Crippen molar-refractivity contribution in [3.63, 3.8) is 0 Å². The summed E-state index contributed by atoms with van der Waals surface area (Å²) >= 11 is 0. The van der Waals surface area contributed by atoms with Crippen LogP contribution < -0.4 is 18.9 Å². The van der Waals surface area contributed by atoms with Crippen LogP contribution in [0.25, 0.3) is 12.2 Å². The van der Waals surface area contributed by atoms with E-state index in [0.29, 0.717) is 17.2 Å². The first kappa shape index (κ1) is 17.6. The molecule has 0 spiro atoms. The summed E-state index contributed by atoms with van der Waals surface area (Å²) in [5.41, 5.74) is 1.68. The fraction of sp³-hybridized carbons (Fsp3) is 0.222. The molecule has 0 saturated heterocycles. The van der Waals surface area contributed by atoms with Crippen molar-refractivity contribution in [1.82, 2.24) is 0 Å². The molecule has 128 valence electrons. The molecule has 0 heterocycles. The molecule has 2 aromatic carbocycles. The second kappa shape index (κ2) is 8.19. The van der Waals surface area contributed by atoms with E-state index in [1.54, 1.807) is 33.5 Å². The van der Waals surface area contributed by atoms with Gasteiger partial charge in [0.05, 0.1) is 21.3 Å². The summed E-state index contributed by atoms with van der Waals surface area (Å²) in [6, 6.07) is 9.97. The molecule has 0 aliphatic carbocycles. The maximum Gasteiger partial charge on any atom is 0.387 e. The van der Waals surface area contributed by atoms with Crippen LogP contribution in [0, 0.1) is 0 Å². The standard InChI is InChI=1S/C18H18F2O4/c1-21-15-10-13(11-16(22-2)17(15)23-3)5-4-12-6-8-14(9-7-12)24-18(19)20/h4-11,18H,1-3H3. The van der Waals surface area contributed by atoms with E-state index in [0.717, 1.165) is 11.1 Å². The van der Waals surface area contributed by atoms with Gasteiger partial charge in [0.15, 0.2) is 11.5 Å². The van der Waals surface area contributed by atoms with Gasteiger partial charge in [0.25, 0.3) is 0 Å². The van der Waals surface area contributed by atoms with E-state index in [1.807, 2.05) is 24.3 Å². The lowest BCUT2D eigenvalue weighted by Gasteiger charge is -2.12. The van der Waals surface area contributed by atoms with Crippen molar-refractivity contribution >= 4 is 12.2 Å². The van der Waals surface area contributed by atoms with E-state index in [2.05, 4.69) is 4.74 Å². The molecule has 0 aromatic heterocycles. The van der Waals surface area contributed by atoms with E-state index in [9.17, 15) is 8.78 Å². The van der Waals surface area contributed by atoms with Crippen molar-refractivity contribution in [2.45, 2.75) is 6.61 Å². The highest BCUT2D eigenvalue weighted by atomic mass is 19.3. The third-order valence-corrected chi connectivity index (χ3v) is 3.26. The van der Waals surface area contributed by atoms with E-state index in [-0.39, 0.29) is 5.75 Å². The molecule has 0 atom stereocenters. The normalized spacial score (nSPS) is 10.9. The Balaban J connectivity index is 2.22. The van der Waals surface area contributed by atoms with Crippen molar-refractivity contribution in [2.24, 2.45) is 0 Å². The summed E-state index contributed by atoms with van der Waals surface area (Å²) < 4.78 is 44.4. The van der Waals surface area contributed by atoms with Gasteiger partial charge < -0.3 is 18.9 Å². The summed E-state index contributed by atoms with van der Waals surface area (Å²) in [7, 11) is 4.64. The minimum absolute atomic E-state index is 0.120. The summed E-state index contributed by atoms with van der Waals surface area (Å²) in [4.78, 5) is 0. The number of alkyl halides is 2. The molecule has 24 heavy (non-hydrogen) atoms. The Morgan fingerprint density at radius 1 is 0.792 bits per heavy atom. The zero-order valence-electron chi connectivity index (χ0n) is 13.6. The molecule has 0 N–H and O–H groups in total. The van der Waals surface area contributed by atoms with Crippen LogP contribution in [0.1, 0.15) is 11.1 Å². The molecule has 0 aliphatic rings. The second-order valence-electron chi connectivity index (χ2n) is 4.74. The third kappa shape index (κ3) is 4.38. The lowest BCUT2D eigenvalue weighted by Crippen LogP contribution is -2.01. The highest BCUT2D eigenvalue weighted by Gasteiger charge is 2.12. The highest BCUT2D eigenvalue weighted by molar-refractivity contribution is 5.72. The SMILES string of the molecule is COc1cc(C=Cc2ccc(OC(F)F)cc2)cc(OC)c1OC. The van der Waals surface area contributed by atoms with Crippen LogP contribution >= 0.6 is 0 Å². The van der Waals surface area contributed by atoms with Gasteiger partial charge in [-0.2, -0.15) is 8.78 Å². The van der Waals surface area contributed by atoms with Crippen molar-refractivity contribution in [1.29, 1.82) is 0 Å². The first-order chi connectivity index (χ1) is 11.6. The number of rotatable bonds is 7. The molecule has 0 bridgehead atoms. The molecule has 0 aliphatic heterocycles. The molecule has 0 amide bonds. The lowest BCUT2D eigenvalue weighted by molar-refractivity contribution is -0.0498. The van der Waals surface area contributed by atoms with Crippen LogP contribution in [0.2, 0.25) is 0 Å². The van der Waals surface area contributed by atoms with Crippen LogP contribution in [0.15, 0.2) is 36.4 Å². The quantitative estimate of drug-likeness (QED) is 0.699. The number of benzene rings is 2. The van der Waals surface area contributed by atoms with Crippen LogP contribution in [0.3, 0.4) is 0 Å². The van der Waals surface area contributed by atoms with Crippen LogP contribution in [-0.2, 0) is 0 Å². The average molecular weight is 336 g/mol. The van der Waals surface area contributed by atoms with Gasteiger partial charge in [-0.15, -0.1) is 0 Å². The Hall–Kier alpha value is -2.76. The van der Waals surface area contributed by atoms with E-state index < -0.39 is 6.61 Å². The van der Waals surface area contributed by atoms with Gasteiger partial charge >= 0.3 is 6.61 Å². The molecule has 0 unspecified atom stereocenters. The monoisotopic (exact) mass is 336 g/mol. The number of methoxy groups -OCH3 is 3. The molecule has 2 rings (SSSR count). The van der Waals surface area contributed by atoms with Gasteiger partial charge in [-0.25, -0.2) is 0 Å². The summed E-state index contributed by atoms with van der Waals surface area (Å²) in [5.74, 6) is 1.75. The second-order valence-corrected chi connectivity index (χ2v) is 4.74. The molecular formula is C18H18F2O4. The summed E-state index contributed by atoms with van der Waals surface area (Å²) in [6.45, 7) is -2.83. The van der Waals surface area contributed by atoms with Crippen LogP contribution in [-0.4, -0.2) is 27.9 Å². The number of halogens is 2. The number of hydrogen-bond donors (Lipinski definition) is 0. The summed E-state index contributed by atoms with van der Waals surface area (Å²) in [5, 5.41) is 0. The van der Waals surface area contributed by atoms with Gasteiger partial charge in [0.1, 0.15) is 5.75 Å². The predicted molar refractivity (Wildman–Crippen MR) is 88.1 cm³/mol. The lowest BCUT2D eigenvalue weighted by atomic mass is 10.1. The van der Waals surface area contributed by atoms with Gasteiger partial charge in [-0.05, 0) is 35.4 Å². The zero-order chi connectivity index (χ0) is 17.5. The maximum atomic E-state index is 12.1. The van der Waals surface area contributed by atoms with E-state index in [4.69, 9.17) is 14.2 Å². The Kier molecular flexibility index (Phi) is 6.01. The van der Waals surface area contributed by atoms with Crippen molar-refractivity contribution < 1.29 is 27.7 Å². The predicted octanol–water partition coefficient (Wildman–Crippen LogP) is 4.48. The minimum Gasteiger partial charge on any atom is -0.493 e. The van der Waals surface area contributed by atoms with E-state index in [1.165, 1.54) is 12.1 Å². The topological polar surface area (TPSA) is 36.9 Å². The Bertz CT molecular complexity index is 672. The summed E-state index contributed by atoms with van der Waals surface area (Å²) in [6.07, 6.45) is 3.69. The maximum absolute atomic E-state index is 12.1. The molecule has 2 aromatic rings. The van der Waals surface area contributed by atoms with E-state index >= 15 is 0 Å². The third-order valence-electron chi connectivity index (χ3n) is 3.26. The van der Waals surface area contributed by atoms with Crippen LogP contribution in [0.4, 0.5) is 8.78 Å². The smallest absolute Gasteiger partial charge is 0.387 e. The Labute approximate surface area is 139 Å². The van der Waals surface area contributed by atoms with Gasteiger partial charge in [0, 0.05) is 0 Å². The number of hydrogen-bond acceptors (Lipinski definition) is 4. The fourth-order valence-electron chi connectivity index (χ4n) is 2.15. The van der Waals surface area contributed by atoms with Crippen LogP contribution in [0.5, 0.6) is 23.0 Å². The molecule has 4 nitrogen and oxygen atoms in total. The minimum atomic E-state index is -2.83. The van der Waals surface area contributed by atoms with Gasteiger partial charge in [-0.3, -0.25) is 0 Å². The Morgan fingerprint density at radius 3 is 1.79 bits per heavy atom. The largest absolute Gasteiger partial charge is 0.493 e. The molecule has 0 fully saturated rings. The first-order valence-corrected chi connectivity index (χ1v) is 7.10. The highest BCUT2D eigenvalue weighted by Crippen LogP contribution is 2.38. The molecule has 0 saturated carbocycles. The van der Waals surface area contributed by atoms with Crippen molar-refractivity contribution in [3.05, 3.63) is 47.5 Å². The van der Waals surface area contributed by atoms with Gasteiger partial charge in [0.2, 0.25) is 5.75 Å². The van der Waals surface area contributed by atoms with Gasteiger partial charge in [-0.1, -0.05) is 24.3 Å². The number of ether oxygens (including phenoxy) is 4. The molecular weight excluding hydrogens is 318 g/mol. The zero-order valence-corrected chi connectivity index (χ0v) is 13.6. The van der Waals surface area contributed by atoms with Crippen molar-refractivity contribution in [2.75, 3.05) is 21.3 Å². The fourth-order valence-corrected chi connectivity index (χ4v) is 2.15. The molecule has 6 heteroatoms. The van der Waals surface area contributed by atoms with Crippen molar-refractivity contribution in [3.8, 4) is 23.0 Å². The average Bonchev–Trinajstić information content (AvgIpc) is 2.59.